The lowest BCUT2D eigenvalue weighted by atomic mass is 9.97. The van der Waals surface area contributed by atoms with Crippen LogP contribution >= 0.6 is 11.3 Å². The lowest BCUT2D eigenvalue weighted by Crippen LogP contribution is -1.95. The summed E-state index contributed by atoms with van der Waals surface area (Å²) in [5.41, 5.74) is 8.80. The fraction of sp³-hybridized carbons (Fsp3) is 0. The molecule has 8 aromatic carbocycles. The van der Waals surface area contributed by atoms with Gasteiger partial charge in [0.1, 0.15) is 0 Å². The number of aromatic nitrogens is 2. The predicted octanol–water partition coefficient (Wildman–Crippen LogP) is 13.0. The molecule has 0 radical (unpaired) electrons. The highest BCUT2D eigenvalue weighted by molar-refractivity contribution is 7.27. The van der Waals surface area contributed by atoms with Gasteiger partial charge in [0.25, 0.3) is 0 Å². The summed E-state index contributed by atoms with van der Waals surface area (Å²) < 4.78 is 2.37. The van der Waals surface area contributed by atoms with Crippen molar-refractivity contribution >= 4 is 64.0 Å². The van der Waals surface area contributed by atoms with Crippen molar-refractivity contribution in [2.45, 2.75) is 0 Å². The molecule has 10 rings (SSSR count). The SMILES string of the molecule is c1ccc(-c2cccc(-c3cccc(-c4nc(-c5cccc6ccccc56)c5sc6c7ccccc7c7ccccc7c6c5n4)c3)c2)cc1. The monoisotopic (exact) mass is 640 g/mol. The summed E-state index contributed by atoms with van der Waals surface area (Å²) in [7, 11) is 0. The molecule has 0 aliphatic carbocycles. The van der Waals surface area contributed by atoms with Gasteiger partial charge < -0.3 is 0 Å². The van der Waals surface area contributed by atoms with Gasteiger partial charge in [0.2, 0.25) is 0 Å². The van der Waals surface area contributed by atoms with E-state index in [1.54, 1.807) is 0 Å². The standard InChI is InChI=1S/C46H28N2S/c1-2-13-29(14-3-1)31-17-10-18-32(27-31)33-19-11-20-34(28-33)46-47-42(39-26-12-16-30-15-4-5-21-35(30)39)45-43(48-46)41-38-24-8-6-22-36(38)37-23-7-9-25-40(37)44(41)49-45/h1-28H. The molecule has 0 saturated carbocycles. The lowest BCUT2D eigenvalue weighted by molar-refractivity contribution is 1.24. The van der Waals surface area contributed by atoms with Gasteiger partial charge in [-0.05, 0) is 61.3 Å². The average Bonchev–Trinajstić information content (AvgIpc) is 3.58. The van der Waals surface area contributed by atoms with Crippen LogP contribution in [0.15, 0.2) is 170 Å². The smallest absolute Gasteiger partial charge is 0.160 e. The largest absolute Gasteiger partial charge is 0.226 e. The van der Waals surface area contributed by atoms with Crippen molar-refractivity contribution in [3.8, 4) is 44.9 Å². The number of hydrogen-bond acceptors (Lipinski definition) is 3. The van der Waals surface area contributed by atoms with E-state index in [0.29, 0.717) is 0 Å². The van der Waals surface area contributed by atoms with Crippen LogP contribution in [0.2, 0.25) is 0 Å². The van der Waals surface area contributed by atoms with Crippen molar-refractivity contribution in [1.82, 2.24) is 9.97 Å². The van der Waals surface area contributed by atoms with E-state index in [4.69, 9.17) is 9.97 Å². The Morgan fingerprint density at radius 1 is 0.367 bits per heavy atom. The second kappa shape index (κ2) is 11.2. The second-order valence-corrected chi connectivity index (χ2v) is 13.5. The minimum atomic E-state index is 0.730. The molecule has 2 aromatic heterocycles. The van der Waals surface area contributed by atoms with E-state index < -0.39 is 0 Å². The zero-order chi connectivity index (χ0) is 32.3. The van der Waals surface area contributed by atoms with E-state index in [2.05, 4.69) is 170 Å². The Kier molecular flexibility index (Phi) is 6.39. The van der Waals surface area contributed by atoms with Gasteiger partial charge in [-0.1, -0.05) is 158 Å². The zero-order valence-electron chi connectivity index (χ0n) is 26.5. The van der Waals surface area contributed by atoms with E-state index in [-0.39, 0.29) is 0 Å². The van der Waals surface area contributed by atoms with Crippen molar-refractivity contribution in [1.29, 1.82) is 0 Å². The lowest BCUT2D eigenvalue weighted by Gasteiger charge is -2.11. The Morgan fingerprint density at radius 2 is 0.898 bits per heavy atom. The minimum absolute atomic E-state index is 0.730. The van der Waals surface area contributed by atoms with Gasteiger partial charge in [-0.2, -0.15) is 0 Å². The third kappa shape index (κ3) is 4.55. The first kappa shape index (κ1) is 27.9. The molecule has 10 aromatic rings. The van der Waals surface area contributed by atoms with E-state index >= 15 is 0 Å². The Morgan fingerprint density at radius 3 is 1.67 bits per heavy atom. The molecule has 49 heavy (non-hydrogen) atoms. The Labute approximate surface area is 287 Å². The molecular weight excluding hydrogens is 613 g/mol. The molecular formula is C46H28N2S. The van der Waals surface area contributed by atoms with Crippen LogP contribution in [-0.4, -0.2) is 9.97 Å². The fourth-order valence-electron chi connectivity index (χ4n) is 7.36. The van der Waals surface area contributed by atoms with Crippen LogP contribution in [-0.2, 0) is 0 Å². The highest BCUT2D eigenvalue weighted by atomic mass is 32.1. The summed E-state index contributed by atoms with van der Waals surface area (Å²) in [6.07, 6.45) is 0. The maximum absolute atomic E-state index is 5.46. The van der Waals surface area contributed by atoms with Crippen molar-refractivity contribution in [3.05, 3.63) is 170 Å². The molecule has 0 amide bonds. The maximum atomic E-state index is 5.46. The molecule has 2 nitrogen and oxygen atoms in total. The van der Waals surface area contributed by atoms with Crippen LogP contribution in [0.3, 0.4) is 0 Å². The summed E-state index contributed by atoms with van der Waals surface area (Å²) in [5, 5.41) is 8.58. The first-order valence-corrected chi connectivity index (χ1v) is 17.4. The molecule has 0 spiro atoms. The number of rotatable bonds is 4. The van der Waals surface area contributed by atoms with Gasteiger partial charge in [0.15, 0.2) is 5.82 Å². The molecule has 0 aliphatic rings. The summed E-state index contributed by atoms with van der Waals surface area (Å²) in [6.45, 7) is 0. The van der Waals surface area contributed by atoms with Crippen molar-refractivity contribution in [2.24, 2.45) is 0 Å². The van der Waals surface area contributed by atoms with Crippen LogP contribution in [0, 0.1) is 0 Å². The quantitative estimate of drug-likeness (QED) is 0.179. The molecule has 0 N–H and O–H groups in total. The molecule has 0 fully saturated rings. The minimum Gasteiger partial charge on any atom is -0.226 e. The molecule has 0 saturated heterocycles. The zero-order valence-corrected chi connectivity index (χ0v) is 27.3. The second-order valence-electron chi connectivity index (χ2n) is 12.5. The molecule has 0 bridgehead atoms. The fourth-order valence-corrected chi connectivity index (χ4v) is 8.66. The molecule has 0 atom stereocenters. The molecule has 2 heterocycles. The predicted molar refractivity (Wildman–Crippen MR) is 209 cm³/mol. The summed E-state index contributed by atoms with van der Waals surface area (Å²) in [6, 6.07) is 60.6. The van der Waals surface area contributed by atoms with E-state index in [0.717, 1.165) is 44.0 Å². The van der Waals surface area contributed by atoms with Gasteiger partial charge >= 0.3 is 0 Å². The van der Waals surface area contributed by atoms with Crippen LogP contribution < -0.4 is 0 Å². The highest BCUT2D eigenvalue weighted by Gasteiger charge is 2.21. The first-order chi connectivity index (χ1) is 24.3. The average molecular weight is 641 g/mol. The van der Waals surface area contributed by atoms with Crippen LogP contribution in [0.5, 0.6) is 0 Å². The molecule has 228 valence electrons. The number of fused-ring (bicyclic) bond motifs is 9. The van der Waals surface area contributed by atoms with Gasteiger partial charge in [-0.15, -0.1) is 11.3 Å². The van der Waals surface area contributed by atoms with Crippen molar-refractivity contribution in [2.75, 3.05) is 0 Å². The number of hydrogen-bond donors (Lipinski definition) is 0. The van der Waals surface area contributed by atoms with Crippen LogP contribution in [0.1, 0.15) is 0 Å². The maximum Gasteiger partial charge on any atom is 0.160 e. The van der Waals surface area contributed by atoms with Crippen LogP contribution in [0.4, 0.5) is 0 Å². The number of nitrogens with zero attached hydrogens (tertiary/aromatic N) is 2. The third-order valence-corrected chi connectivity index (χ3v) is 10.9. The Bertz CT molecular complexity index is 2880. The summed E-state index contributed by atoms with van der Waals surface area (Å²) in [5.74, 6) is 0.730. The van der Waals surface area contributed by atoms with Gasteiger partial charge in [-0.3, -0.25) is 0 Å². The Balaban J connectivity index is 1.27. The topological polar surface area (TPSA) is 25.8 Å². The van der Waals surface area contributed by atoms with Gasteiger partial charge in [0, 0.05) is 26.6 Å². The van der Waals surface area contributed by atoms with Crippen molar-refractivity contribution < 1.29 is 0 Å². The number of benzene rings is 8. The summed E-state index contributed by atoms with van der Waals surface area (Å²) in [4.78, 5) is 10.9. The summed E-state index contributed by atoms with van der Waals surface area (Å²) >= 11 is 1.81. The van der Waals surface area contributed by atoms with Gasteiger partial charge in [0.05, 0.1) is 15.9 Å². The van der Waals surface area contributed by atoms with Gasteiger partial charge in [-0.25, -0.2) is 9.97 Å². The molecule has 3 heteroatoms. The first-order valence-electron chi connectivity index (χ1n) is 16.6. The van der Waals surface area contributed by atoms with E-state index in [1.807, 2.05) is 11.3 Å². The third-order valence-electron chi connectivity index (χ3n) is 9.66. The van der Waals surface area contributed by atoms with Crippen molar-refractivity contribution in [3.63, 3.8) is 0 Å². The van der Waals surface area contributed by atoms with E-state index in [1.165, 1.54) is 53.5 Å². The number of thiophene rings is 1. The molecule has 0 aliphatic heterocycles. The van der Waals surface area contributed by atoms with E-state index in [9.17, 15) is 0 Å². The Hall–Kier alpha value is -6.16. The molecule has 0 unspecified atom stereocenters. The van der Waals surface area contributed by atoms with Crippen LogP contribution in [0.25, 0.3) is 97.5 Å². The highest BCUT2D eigenvalue weighted by Crippen LogP contribution is 2.47. The normalized spacial score (nSPS) is 11.7.